The number of aromatic nitrogens is 1. The maximum absolute atomic E-state index is 4.94. The topological polar surface area (TPSA) is 26.0 Å². The zero-order chi connectivity index (χ0) is 6.97. The van der Waals surface area contributed by atoms with Gasteiger partial charge in [0, 0.05) is 38.4 Å². The maximum Gasteiger partial charge on any atom is 0.0554 e. The monoisotopic (exact) mass is 221 g/mol. The van der Waals surface area contributed by atoms with E-state index in [-0.39, 0.29) is 32.7 Å². The van der Waals surface area contributed by atoms with Crippen molar-refractivity contribution in [2.45, 2.75) is 6.92 Å². The van der Waals surface area contributed by atoms with Crippen molar-refractivity contribution in [3.63, 3.8) is 0 Å². The van der Waals surface area contributed by atoms with Gasteiger partial charge in [-0.1, -0.05) is 5.39 Å². The van der Waals surface area contributed by atoms with Crippen LogP contribution in [0, 0.1) is 13.0 Å². The van der Waals surface area contributed by atoms with Crippen molar-refractivity contribution in [2.75, 3.05) is 0 Å². The van der Waals surface area contributed by atoms with E-state index in [1.54, 1.807) is 0 Å². The summed E-state index contributed by atoms with van der Waals surface area (Å²) in [7, 11) is 0. The summed E-state index contributed by atoms with van der Waals surface area (Å²) < 4.78 is 4.94. The predicted octanol–water partition coefficient (Wildman–Crippen LogP) is 1.93. The van der Waals surface area contributed by atoms with Gasteiger partial charge in [-0.05, 0) is 6.92 Å². The first-order chi connectivity index (χ1) is 4.88. The van der Waals surface area contributed by atoms with Gasteiger partial charge in [-0.15, -0.1) is 11.2 Å². The molecule has 11 heavy (non-hydrogen) atoms. The van der Waals surface area contributed by atoms with Crippen LogP contribution in [-0.4, -0.2) is 5.16 Å². The van der Waals surface area contributed by atoms with Crippen molar-refractivity contribution in [3.05, 3.63) is 30.0 Å². The van der Waals surface area contributed by atoms with Crippen LogP contribution in [0.3, 0.4) is 0 Å². The Kier molecular flexibility index (Phi) is 2.80. The van der Waals surface area contributed by atoms with Crippen molar-refractivity contribution < 1.29 is 37.2 Å². The molecule has 0 spiro atoms. The molecule has 0 unspecified atom stereocenters. The zero-order valence-electron chi connectivity index (χ0n) is 6.16. The Morgan fingerprint density at radius 3 is 3.09 bits per heavy atom. The summed E-state index contributed by atoms with van der Waals surface area (Å²) in [5.74, 6) is 0. The van der Waals surface area contributed by atoms with Gasteiger partial charge in [0.05, 0.1) is 5.58 Å². The van der Waals surface area contributed by atoms with Crippen LogP contribution in [0.25, 0.3) is 11.0 Å². The van der Waals surface area contributed by atoms with Crippen molar-refractivity contribution in [3.8, 4) is 0 Å². The molecule has 0 amide bonds. The van der Waals surface area contributed by atoms with Crippen LogP contribution < -0.4 is 0 Å². The molecule has 53 valence electrons. The van der Waals surface area contributed by atoms with Crippen molar-refractivity contribution in [2.24, 2.45) is 0 Å². The zero-order valence-corrected chi connectivity index (χ0v) is 9.00. The van der Waals surface area contributed by atoms with Gasteiger partial charge < -0.3 is 4.52 Å². The van der Waals surface area contributed by atoms with E-state index in [0.29, 0.717) is 0 Å². The first-order valence-electron chi connectivity index (χ1n) is 3.10. The van der Waals surface area contributed by atoms with Gasteiger partial charge >= 0.3 is 0 Å². The van der Waals surface area contributed by atoms with Crippen molar-refractivity contribution >= 4 is 11.0 Å². The van der Waals surface area contributed by atoms with Gasteiger partial charge in [0.25, 0.3) is 0 Å². The van der Waals surface area contributed by atoms with Gasteiger partial charge in [0.15, 0.2) is 0 Å². The summed E-state index contributed by atoms with van der Waals surface area (Å²) in [6.45, 7) is 1.92. The molecule has 1 aromatic heterocycles. The van der Waals surface area contributed by atoms with Gasteiger partial charge in [-0.2, -0.15) is 18.2 Å². The SMILES string of the molecule is Cc1noc2[c-]cccc12.[Y]. The number of benzene rings is 1. The largest absolute Gasteiger partial charge is 0.384 e. The number of aryl methyl sites for hydroxylation is 1. The molecular formula is C8H6NOY-. The average molecular weight is 221 g/mol. The second-order valence-electron chi connectivity index (χ2n) is 2.18. The second kappa shape index (κ2) is 3.46. The minimum atomic E-state index is 0. The molecule has 1 aromatic carbocycles. The number of fused-ring (bicyclic) bond motifs is 1. The first-order valence-corrected chi connectivity index (χ1v) is 3.10. The Bertz CT molecular complexity index is 356. The second-order valence-corrected chi connectivity index (χ2v) is 2.18. The minimum absolute atomic E-state index is 0. The third kappa shape index (κ3) is 1.52. The minimum Gasteiger partial charge on any atom is -0.384 e. The third-order valence-corrected chi connectivity index (χ3v) is 1.48. The molecule has 0 aliphatic carbocycles. The molecular weight excluding hydrogens is 215 g/mol. The number of hydrogen-bond acceptors (Lipinski definition) is 2. The molecule has 0 bridgehead atoms. The smallest absolute Gasteiger partial charge is 0.0554 e. The normalized spacial score (nSPS) is 9.55. The van der Waals surface area contributed by atoms with Crippen LogP contribution in [0.1, 0.15) is 5.69 Å². The van der Waals surface area contributed by atoms with E-state index >= 15 is 0 Å². The molecule has 0 aliphatic heterocycles. The van der Waals surface area contributed by atoms with E-state index < -0.39 is 0 Å². The Morgan fingerprint density at radius 1 is 1.55 bits per heavy atom. The molecule has 0 atom stereocenters. The Balaban J connectivity index is 0.000000605. The summed E-state index contributed by atoms with van der Waals surface area (Å²) in [5.41, 5.74) is 1.66. The summed E-state index contributed by atoms with van der Waals surface area (Å²) >= 11 is 0. The Hall–Kier alpha value is -0.206. The van der Waals surface area contributed by atoms with Crippen molar-refractivity contribution in [1.82, 2.24) is 5.16 Å². The molecule has 2 aromatic rings. The molecule has 0 fully saturated rings. The van der Waals surface area contributed by atoms with E-state index in [1.807, 2.05) is 25.1 Å². The molecule has 2 nitrogen and oxygen atoms in total. The van der Waals surface area contributed by atoms with E-state index in [2.05, 4.69) is 11.2 Å². The third-order valence-electron chi connectivity index (χ3n) is 1.48. The molecule has 3 heteroatoms. The van der Waals surface area contributed by atoms with Gasteiger partial charge in [-0.25, -0.2) is 0 Å². The standard InChI is InChI=1S/C8H6NO.Y/c1-6-7-4-2-3-5-8(7)10-9-6;/h2-4H,1H3;/q-1;. The fourth-order valence-corrected chi connectivity index (χ4v) is 0.945. The van der Waals surface area contributed by atoms with E-state index in [4.69, 9.17) is 4.52 Å². The van der Waals surface area contributed by atoms with E-state index in [1.165, 1.54) is 0 Å². The fourth-order valence-electron chi connectivity index (χ4n) is 0.945. The predicted molar refractivity (Wildman–Crippen MR) is 37.6 cm³/mol. The fraction of sp³-hybridized carbons (Fsp3) is 0.125. The molecule has 1 radical (unpaired) electrons. The quantitative estimate of drug-likeness (QED) is 0.635. The van der Waals surface area contributed by atoms with E-state index in [9.17, 15) is 0 Å². The van der Waals surface area contributed by atoms with Crippen LogP contribution in [0.15, 0.2) is 22.7 Å². The molecule has 1 heterocycles. The van der Waals surface area contributed by atoms with E-state index in [0.717, 1.165) is 16.7 Å². The molecule has 0 aliphatic rings. The van der Waals surface area contributed by atoms with Crippen LogP contribution in [0.2, 0.25) is 0 Å². The number of para-hydroxylation sites is 1. The van der Waals surface area contributed by atoms with Crippen LogP contribution >= 0.6 is 0 Å². The molecule has 0 saturated carbocycles. The summed E-state index contributed by atoms with van der Waals surface area (Å²) in [4.78, 5) is 0. The Labute approximate surface area is 89.8 Å². The number of nitrogens with zero attached hydrogens (tertiary/aromatic N) is 1. The molecule has 2 rings (SSSR count). The van der Waals surface area contributed by atoms with Gasteiger partial charge in [0.1, 0.15) is 0 Å². The summed E-state index contributed by atoms with van der Waals surface area (Å²) in [6.07, 6.45) is 0. The molecule has 0 N–H and O–H groups in total. The van der Waals surface area contributed by atoms with Crippen LogP contribution in [0.5, 0.6) is 0 Å². The summed E-state index contributed by atoms with van der Waals surface area (Å²) in [5, 5.41) is 4.83. The van der Waals surface area contributed by atoms with Gasteiger partial charge in [0.2, 0.25) is 0 Å². The maximum atomic E-state index is 4.94. The van der Waals surface area contributed by atoms with Crippen molar-refractivity contribution in [1.29, 1.82) is 0 Å². The molecule has 0 saturated heterocycles. The Morgan fingerprint density at radius 2 is 2.36 bits per heavy atom. The summed E-state index contributed by atoms with van der Waals surface area (Å²) in [6, 6.07) is 8.65. The van der Waals surface area contributed by atoms with Crippen LogP contribution in [0.4, 0.5) is 0 Å². The first kappa shape index (κ1) is 8.89. The van der Waals surface area contributed by atoms with Gasteiger partial charge in [-0.3, -0.25) is 0 Å². The number of rotatable bonds is 0. The number of hydrogen-bond donors (Lipinski definition) is 0. The average Bonchev–Trinajstić information content (AvgIpc) is 2.34. The van der Waals surface area contributed by atoms with Crippen LogP contribution in [-0.2, 0) is 32.7 Å².